The Morgan fingerprint density at radius 3 is 2.83 bits per heavy atom. The number of likely N-dealkylation sites (N-methyl/N-ethyl adjacent to an activating group) is 1. The lowest BCUT2D eigenvalue weighted by molar-refractivity contribution is -0.129. The smallest absolute Gasteiger partial charge is 0.289 e. The average molecular weight is 364 g/mol. The van der Waals surface area contributed by atoms with E-state index >= 15 is 0 Å². The van der Waals surface area contributed by atoms with Crippen LogP contribution in [-0.2, 0) is 4.79 Å². The molecule has 1 fully saturated rings. The number of carbonyl (C=O) groups is 2. The molecule has 1 aliphatic rings. The van der Waals surface area contributed by atoms with Gasteiger partial charge in [-0.25, -0.2) is 0 Å². The van der Waals surface area contributed by atoms with Gasteiger partial charge in [0.15, 0.2) is 5.76 Å². The van der Waals surface area contributed by atoms with Gasteiger partial charge in [-0.1, -0.05) is 6.07 Å². The van der Waals surface area contributed by atoms with E-state index in [0.717, 1.165) is 0 Å². The zero-order valence-electron chi connectivity index (χ0n) is 13.7. The van der Waals surface area contributed by atoms with Gasteiger partial charge in [0.25, 0.3) is 5.91 Å². The largest absolute Gasteiger partial charge is 0.459 e. The normalized spacial score (nSPS) is 20.6. The van der Waals surface area contributed by atoms with Crippen molar-refractivity contribution in [2.24, 2.45) is 0 Å². The SMILES string of the molecule is CCN(CCN1C(=O)[C@H](C)S[C@@H]1c1cccs1)C(=O)c1ccco1. The minimum Gasteiger partial charge on any atom is -0.459 e. The highest BCUT2D eigenvalue weighted by Crippen LogP contribution is 2.44. The lowest BCUT2D eigenvalue weighted by Gasteiger charge is -2.27. The van der Waals surface area contributed by atoms with E-state index in [1.54, 1.807) is 40.1 Å². The van der Waals surface area contributed by atoms with Crippen molar-refractivity contribution in [3.8, 4) is 0 Å². The molecule has 24 heavy (non-hydrogen) atoms. The fourth-order valence-corrected chi connectivity index (χ4v) is 5.00. The van der Waals surface area contributed by atoms with Gasteiger partial charge in [-0.2, -0.15) is 0 Å². The molecular formula is C17H20N2O3S2. The van der Waals surface area contributed by atoms with E-state index in [1.165, 1.54) is 11.1 Å². The molecule has 0 unspecified atom stereocenters. The van der Waals surface area contributed by atoms with Crippen LogP contribution >= 0.6 is 23.1 Å². The van der Waals surface area contributed by atoms with Crippen LogP contribution in [0.1, 0.15) is 34.7 Å². The van der Waals surface area contributed by atoms with Crippen molar-refractivity contribution in [3.05, 3.63) is 46.5 Å². The first-order valence-corrected chi connectivity index (χ1v) is 9.76. The highest BCUT2D eigenvalue weighted by Gasteiger charge is 2.39. The van der Waals surface area contributed by atoms with E-state index in [4.69, 9.17) is 4.42 Å². The van der Waals surface area contributed by atoms with Gasteiger partial charge in [0, 0.05) is 24.5 Å². The minimum absolute atomic E-state index is 0.0462. The Kier molecular flexibility index (Phi) is 5.30. The summed E-state index contributed by atoms with van der Waals surface area (Å²) in [6.07, 6.45) is 1.50. The van der Waals surface area contributed by atoms with E-state index in [0.29, 0.717) is 25.4 Å². The molecule has 0 N–H and O–H groups in total. The van der Waals surface area contributed by atoms with Gasteiger partial charge < -0.3 is 14.2 Å². The number of thioether (sulfide) groups is 1. The van der Waals surface area contributed by atoms with Crippen LogP contribution in [0.4, 0.5) is 0 Å². The van der Waals surface area contributed by atoms with E-state index in [1.807, 2.05) is 30.2 Å². The van der Waals surface area contributed by atoms with Gasteiger partial charge in [0.05, 0.1) is 11.5 Å². The van der Waals surface area contributed by atoms with Gasteiger partial charge in [-0.15, -0.1) is 23.1 Å². The molecule has 0 aromatic carbocycles. The third kappa shape index (κ3) is 3.37. The van der Waals surface area contributed by atoms with Crippen molar-refractivity contribution in [2.75, 3.05) is 19.6 Å². The van der Waals surface area contributed by atoms with Gasteiger partial charge in [-0.3, -0.25) is 9.59 Å². The Bertz CT molecular complexity index is 685. The first-order chi connectivity index (χ1) is 11.6. The molecule has 2 aromatic heterocycles. The predicted octanol–water partition coefficient (Wildman–Crippen LogP) is 3.47. The molecule has 128 valence electrons. The Morgan fingerprint density at radius 2 is 2.21 bits per heavy atom. The van der Waals surface area contributed by atoms with Gasteiger partial charge in [-0.05, 0) is 37.4 Å². The Labute approximate surface area is 149 Å². The molecule has 3 heterocycles. The maximum Gasteiger partial charge on any atom is 0.289 e. The molecule has 0 saturated carbocycles. The van der Waals surface area contributed by atoms with Crippen LogP contribution in [0, 0.1) is 0 Å². The number of thiophene rings is 1. The van der Waals surface area contributed by atoms with Crippen LogP contribution in [0.2, 0.25) is 0 Å². The molecule has 2 aromatic rings. The fourth-order valence-electron chi connectivity index (χ4n) is 2.74. The lowest BCUT2D eigenvalue weighted by atomic mass is 10.3. The maximum atomic E-state index is 12.5. The average Bonchev–Trinajstić information content (AvgIpc) is 3.32. The van der Waals surface area contributed by atoms with Crippen LogP contribution in [0.5, 0.6) is 0 Å². The quantitative estimate of drug-likeness (QED) is 0.788. The Hall–Kier alpha value is -1.73. The number of nitrogens with zero attached hydrogens (tertiary/aromatic N) is 2. The second kappa shape index (κ2) is 7.44. The van der Waals surface area contributed by atoms with Gasteiger partial charge in [0.1, 0.15) is 5.37 Å². The molecule has 1 aliphatic heterocycles. The van der Waals surface area contributed by atoms with Crippen LogP contribution in [0.15, 0.2) is 40.3 Å². The highest BCUT2D eigenvalue weighted by atomic mass is 32.2. The molecule has 0 aliphatic carbocycles. The predicted molar refractivity (Wildman–Crippen MR) is 96.1 cm³/mol. The molecule has 5 nitrogen and oxygen atoms in total. The molecule has 1 saturated heterocycles. The second-order valence-corrected chi connectivity index (χ2v) is 7.94. The summed E-state index contributed by atoms with van der Waals surface area (Å²) < 4.78 is 5.19. The standard InChI is InChI=1S/C17H20N2O3S2/c1-3-18(16(21)13-6-4-10-22-13)8-9-19-15(20)12(2)24-17(19)14-7-5-11-23-14/h4-7,10-12,17H,3,8-9H2,1-2H3/t12-,17+/m0/s1. The molecule has 2 amide bonds. The number of rotatable bonds is 6. The van der Waals surface area contributed by atoms with E-state index in [9.17, 15) is 9.59 Å². The van der Waals surface area contributed by atoms with Crippen molar-refractivity contribution in [3.63, 3.8) is 0 Å². The van der Waals surface area contributed by atoms with Crippen LogP contribution < -0.4 is 0 Å². The van der Waals surface area contributed by atoms with Crippen molar-refractivity contribution in [1.29, 1.82) is 0 Å². The zero-order valence-corrected chi connectivity index (χ0v) is 15.3. The zero-order chi connectivity index (χ0) is 17.1. The first kappa shape index (κ1) is 17.1. The molecule has 7 heteroatoms. The first-order valence-electron chi connectivity index (χ1n) is 7.94. The summed E-state index contributed by atoms with van der Waals surface area (Å²) in [6.45, 7) is 5.48. The maximum absolute atomic E-state index is 12.5. The van der Waals surface area contributed by atoms with Crippen molar-refractivity contribution in [1.82, 2.24) is 9.80 Å². The summed E-state index contributed by atoms with van der Waals surface area (Å²) in [4.78, 5) is 29.7. The highest BCUT2D eigenvalue weighted by molar-refractivity contribution is 8.01. The number of amides is 2. The van der Waals surface area contributed by atoms with Crippen molar-refractivity contribution >= 4 is 34.9 Å². The molecular weight excluding hydrogens is 344 g/mol. The van der Waals surface area contributed by atoms with Gasteiger partial charge in [0.2, 0.25) is 5.91 Å². The third-order valence-corrected chi connectivity index (χ3v) is 6.50. The van der Waals surface area contributed by atoms with E-state index in [-0.39, 0.29) is 22.4 Å². The van der Waals surface area contributed by atoms with Crippen molar-refractivity contribution < 1.29 is 14.0 Å². The summed E-state index contributed by atoms with van der Waals surface area (Å²) in [5.41, 5.74) is 0. The summed E-state index contributed by atoms with van der Waals surface area (Å²) in [5.74, 6) is 0.338. The summed E-state index contributed by atoms with van der Waals surface area (Å²) >= 11 is 3.33. The number of carbonyl (C=O) groups excluding carboxylic acids is 2. The monoisotopic (exact) mass is 364 g/mol. The Balaban J connectivity index is 1.69. The Morgan fingerprint density at radius 1 is 1.38 bits per heavy atom. The fraction of sp³-hybridized carbons (Fsp3) is 0.412. The van der Waals surface area contributed by atoms with E-state index in [2.05, 4.69) is 6.07 Å². The lowest BCUT2D eigenvalue weighted by Crippen LogP contribution is -2.40. The molecule has 0 spiro atoms. The summed E-state index contributed by atoms with van der Waals surface area (Å²) in [5, 5.41) is 2.03. The summed E-state index contributed by atoms with van der Waals surface area (Å²) in [6, 6.07) is 7.44. The minimum atomic E-state index is -0.137. The second-order valence-electron chi connectivity index (χ2n) is 5.54. The van der Waals surface area contributed by atoms with E-state index < -0.39 is 0 Å². The van der Waals surface area contributed by atoms with Crippen molar-refractivity contribution in [2.45, 2.75) is 24.5 Å². The van der Waals surface area contributed by atoms with Crippen LogP contribution in [0.25, 0.3) is 0 Å². The topological polar surface area (TPSA) is 53.8 Å². The molecule has 3 rings (SSSR count). The number of furan rings is 1. The third-order valence-electron chi connectivity index (χ3n) is 4.05. The van der Waals surface area contributed by atoms with Crippen LogP contribution in [0.3, 0.4) is 0 Å². The molecule has 0 radical (unpaired) electrons. The number of hydrogen-bond acceptors (Lipinski definition) is 5. The molecule has 2 atom stereocenters. The van der Waals surface area contributed by atoms with Crippen LogP contribution in [-0.4, -0.2) is 46.5 Å². The molecule has 0 bridgehead atoms. The van der Waals surface area contributed by atoms with Gasteiger partial charge >= 0.3 is 0 Å². The number of hydrogen-bond donors (Lipinski definition) is 0. The summed E-state index contributed by atoms with van der Waals surface area (Å²) in [7, 11) is 0.